The second-order valence-corrected chi connectivity index (χ2v) is 4.73. The van der Waals surface area contributed by atoms with E-state index in [1.807, 2.05) is 13.8 Å². The van der Waals surface area contributed by atoms with Crippen LogP contribution in [0.4, 0.5) is 18.9 Å². The highest BCUT2D eigenvalue weighted by Crippen LogP contribution is 2.36. The summed E-state index contributed by atoms with van der Waals surface area (Å²) in [6.07, 6.45) is -3.56. The van der Waals surface area contributed by atoms with E-state index in [0.717, 1.165) is 12.5 Å². The van der Waals surface area contributed by atoms with Crippen molar-refractivity contribution in [3.05, 3.63) is 28.8 Å². The summed E-state index contributed by atoms with van der Waals surface area (Å²) in [7, 11) is 0. The molecule has 0 aromatic heterocycles. The van der Waals surface area contributed by atoms with Gasteiger partial charge in [0.1, 0.15) is 0 Å². The lowest BCUT2D eigenvalue weighted by molar-refractivity contribution is -0.136. The highest BCUT2D eigenvalue weighted by Gasteiger charge is 2.33. The third kappa shape index (κ3) is 4.46. The maximum atomic E-state index is 12.7. The van der Waals surface area contributed by atoms with Crippen molar-refractivity contribution in [1.29, 1.82) is 0 Å². The number of hydrogen-bond donors (Lipinski definition) is 1. The van der Waals surface area contributed by atoms with E-state index < -0.39 is 11.7 Å². The fourth-order valence-corrected chi connectivity index (χ4v) is 1.57. The summed E-state index contributed by atoms with van der Waals surface area (Å²) in [6.45, 7) is 4.56. The highest BCUT2D eigenvalue weighted by molar-refractivity contribution is 6.30. The first-order valence-corrected chi connectivity index (χ1v) is 5.79. The zero-order valence-corrected chi connectivity index (χ0v) is 10.5. The summed E-state index contributed by atoms with van der Waals surface area (Å²) in [5.74, 6) is 0.448. The molecule has 0 amide bonds. The summed E-state index contributed by atoms with van der Waals surface area (Å²) < 4.78 is 38.1. The molecule has 0 unspecified atom stereocenters. The molecule has 96 valence electrons. The van der Waals surface area contributed by atoms with Gasteiger partial charge in [0.2, 0.25) is 0 Å². The second-order valence-electron chi connectivity index (χ2n) is 4.30. The summed E-state index contributed by atoms with van der Waals surface area (Å²) >= 11 is 5.58. The van der Waals surface area contributed by atoms with E-state index >= 15 is 0 Å². The van der Waals surface area contributed by atoms with E-state index in [2.05, 4.69) is 5.32 Å². The third-order valence-electron chi connectivity index (χ3n) is 2.32. The Balaban J connectivity index is 2.84. The number of rotatable bonds is 4. The summed E-state index contributed by atoms with van der Waals surface area (Å²) in [6, 6.07) is 3.76. The van der Waals surface area contributed by atoms with Crippen LogP contribution in [0.5, 0.6) is 0 Å². The van der Waals surface area contributed by atoms with Crippen molar-refractivity contribution < 1.29 is 13.2 Å². The predicted molar refractivity (Wildman–Crippen MR) is 64.4 cm³/mol. The van der Waals surface area contributed by atoms with Gasteiger partial charge in [-0.15, -0.1) is 0 Å². The molecular weight excluding hydrogens is 251 g/mol. The van der Waals surface area contributed by atoms with E-state index in [0.29, 0.717) is 12.5 Å². The Labute approximate surface area is 104 Å². The Kier molecular flexibility index (Phi) is 4.69. The van der Waals surface area contributed by atoms with Crippen molar-refractivity contribution in [3.63, 3.8) is 0 Å². The monoisotopic (exact) mass is 265 g/mol. The van der Waals surface area contributed by atoms with Crippen molar-refractivity contribution in [2.75, 3.05) is 11.9 Å². The minimum atomic E-state index is -4.38. The first kappa shape index (κ1) is 14.2. The molecular formula is C12H15ClF3N. The molecule has 0 heterocycles. The van der Waals surface area contributed by atoms with Gasteiger partial charge in [-0.3, -0.25) is 0 Å². The van der Waals surface area contributed by atoms with E-state index in [1.165, 1.54) is 12.1 Å². The molecule has 0 aliphatic rings. The van der Waals surface area contributed by atoms with Crippen molar-refractivity contribution in [2.24, 2.45) is 5.92 Å². The molecule has 0 aliphatic heterocycles. The zero-order chi connectivity index (χ0) is 13.1. The molecule has 1 aromatic carbocycles. The van der Waals surface area contributed by atoms with E-state index in [9.17, 15) is 13.2 Å². The van der Waals surface area contributed by atoms with Gasteiger partial charge in [0.15, 0.2) is 0 Å². The first-order valence-electron chi connectivity index (χ1n) is 5.41. The maximum absolute atomic E-state index is 12.7. The lowest BCUT2D eigenvalue weighted by Gasteiger charge is -2.15. The van der Waals surface area contributed by atoms with Crippen molar-refractivity contribution >= 4 is 17.3 Å². The number of benzene rings is 1. The van der Waals surface area contributed by atoms with Crippen LogP contribution in [0.15, 0.2) is 18.2 Å². The zero-order valence-electron chi connectivity index (χ0n) is 9.74. The Hall–Kier alpha value is -0.900. The Morgan fingerprint density at radius 3 is 2.47 bits per heavy atom. The van der Waals surface area contributed by atoms with Crippen LogP contribution < -0.4 is 5.32 Å². The largest absolute Gasteiger partial charge is 0.418 e. The Bertz CT molecular complexity index is 375. The summed E-state index contributed by atoms with van der Waals surface area (Å²) in [5, 5.41) is 2.89. The Morgan fingerprint density at radius 2 is 1.94 bits per heavy atom. The second kappa shape index (κ2) is 5.63. The van der Waals surface area contributed by atoms with Gasteiger partial charge < -0.3 is 5.32 Å². The van der Waals surface area contributed by atoms with Crippen LogP contribution in [0.3, 0.4) is 0 Å². The third-order valence-corrected chi connectivity index (χ3v) is 2.56. The molecule has 0 saturated heterocycles. The SMILES string of the molecule is CC(C)CCNc1ccc(Cl)cc1C(F)(F)F. The maximum Gasteiger partial charge on any atom is 0.418 e. The van der Waals surface area contributed by atoms with Gasteiger partial charge >= 0.3 is 6.18 Å². The van der Waals surface area contributed by atoms with Crippen LogP contribution in [0.25, 0.3) is 0 Å². The molecule has 1 nitrogen and oxygen atoms in total. The summed E-state index contributed by atoms with van der Waals surface area (Å²) in [5.41, 5.74) is -0.628. The van der Waals surface area contributed by atoms with Gasteiger partial charge in [-0.05, 0) is 30.5 Å². The van der Waals surface area contributed by atoms with Gasteiger partial charge in [0, 0.05) is 17.3 Å². The molecule has 0 atom stereocenters. The Morgan fingerprint density at radius 1 is 1.29 bits per heavy atom. The van der Waals surface area contributed by atoms with Crippen LogP contribution in [0.1, 0.15) is 25.8 Å². The fourth-order valence-electron chi connectivity index (χ4n) is 1.40. The molecule has 1 aromatic rings. The van der Waals surface area contributed by atoms with Crippen LogP contribution >= 0.6 is 11.6 Å². The smallest absolute Gasteiger partial charge is 0.385 e. The number of halogens is 4. The molecule has 17 heavy (non-hydrogen) atoms. The molecule has 0 radical (unpaired) electrons. The first-order chi connectivity index (χ1) is 7.80. The number of nitrogens with one attached hydrogen (secondary N) is 1. The van der Waals surface area contributed by atoms with Gasteiger partial charge in [0.25, 0.3) is 0 Å². The average molecular weight is 266 g/mol. The topological polar surface area (TPSA) is 12.0 Å². The number of alkyl halides is 3. The molecule has 5 heteroatoms. The average Bonchev–Trinajstić information content (AvgIpc) is 2.18. The highest BCUT2D eigenvalue weighted by atomic mass is 35.5. The molecule has 0 saturated carbocycles. The van der Waals surface area contributed by atoms with E-state index in [1.54, 1.807) is 0 Å². The molecule has 0 spiro atoms. The van der Waals surface area contributed by atoms with Gasteiger partial charge in [-0.25, -0.2) is 0 Å². The summed E-state index contributed by atoms with van der Waals surface area (Å²) in [4.78, 5) is 0. The van der Waals surface area contributed by atoms with Crippen LogP contribution in [-0.4, -0.2) is 6.54 Å². The lowest BCUT2D eigenvalue weighted by Crippen LogP contribution is -2.12. The van der Waals surface area contributed by atoms with Crippen molar-refractivity contribution in [1.82, 2.24) is 0 Å². The van der Waals surface area contributed by atoms with E-state index in [-0.39, 0.29) is 10.7 Å². The fraction of sp³-hybridized carbons (Fsp3) is 0.500. The van der Waals surface area contributed by atoms with Crippen LogP contribution in [-0.2, 0) is 6.18 Å². The standard InChI is InChI=1S/C12H15ClF3N/c1-8(2)5-6-17-11-4-3-9(13)7-10(11)12(14,15)16/h3-4,7-8,17H,5-6H2,1-2H3. The normalized spacial score (nSPS) is 11.9. The minimum Gasteiger partial charge on any atom is -0.385 e. The molecule has 0 fully saturated rings. The van der Waals surface area contributed by atoms with Crippen molar-refractivity contribution in [3.8, 4) is 0 Å². The van der Waals surface area contributed by atoms with E-state index in [4.69, 9.17) is 11.6 Å². The molecule has 0 bridgehead atoms. The van der Waals surface area contributed by atoms with Crippen molar-refractivity contribution in [2.45, 2.75) is 26.4 Å². The van der Waals surface area contributed by atoms with Crippen LogP contribution in [0, 0.1) is 5.92 Å². The molecule has 1 N–H and O–H groups in total. The minimum absolute atomic E-state index is 0.0857. The predicted octanol–water partition coefficient (Wildman–Crippen LogP) is 4.82. The number of hydrogen-bond acceptors (Lipinski definition) is 1. The van der Waals surface area contributed by atoms with Crippen LogP contribution in [0.2, 0.25) is 5.02 Å². The lowest BCUT2D eigenvalue weighted by atomic mass is 10.1. The van der Waals surface area contributed by atoms with Gasteiger partial charge in [-0.2, -0.15) is 13.2 Å². The molecule has 0 aliphatic carbocycles. The molecule has 1 rings (SSSR count). The number of anilines is 1. The quantitative estimate of drug-likeness (QED) is 0.823. The van der Waals surface area contributed by atoms with Gasteiger partial charge in [-0.1, -0.05) is 25.4 Å². The van der Waals surface area contributed by atoms with Gasteiger partial charge in [0.05, 0.1) is 5.56 Å².